The van der Waals surface area contributed by atoms with Crippen molar-refractivity contribution < 1.29 is 9.63 Å². The zero-order valence-electron chi connectivity index (χ0n) is 11.1. The molecule has 1 amide bonds. The van der Waals surface area contributed by atoms with Gasteiger partial charge >= 0.3 is 0 Å². The number of pyridine rings is 1. The summed E-state index contributed by atoms with van der Waals surface area (Å²) in [5, 5.41) is 0. The molecule has 0 atom stereocenters. The Labute approximate surface area is 107 Å². The Kier molecular flexibility index (Phi) is 5.58. The van der Waals surface area contributed by atoms with Gasteiger partial charge in [-0.25, -0.2) is 5.48 Å². The van der Waals surface area contributed by atoms with E-state index in [1.807, 2.05) is 6.92 Å². The predicted octanol–water partition coefficient (Wildman–Crippen LogP) is 1.57. The number of aromatic nitrogens is 1. The first-order valence-electron chi connectivity index (χ1n) is 6.31. The Hall–Kier alpha value is -1.62. The quantitative estimate of drug-likeness (QED) is 0.755. The number of hydrogen-bond donors (Lipinski definition) is 2. The first-order chi connectivity index (χ1) is 8.63. The maximum Gasteiger partial charge on any atom is 0.280 e. The van der Waals surface area contributed by atoms with Crippen LogP contribution >= 0.6 is 0 Å². The smallest absolute Gasteiger partial charge is 0.280 e. The molecular weight excluding hydrogens is 232 g/mol. The number of hydrogen-bond acceptors (Lipinski definition) is 3. The lowest BCUT2D eigenvalue weighted by atomic mass is 10.0. The van der Waals surface area contributed by atoms with Crippen LogP contribution in [0.1, 0.15) is 48.8 Å². The van der Waals surface area contributed by atoms with Gasteiger partial charge in [0.05, 0.1) is 6.61 Å². The summed E-state index contributed by atoms with van der Waals surface area (Å²) in [4.78, 5) is 31.1. The second-order valence-corrected chi connectivity index (χ2v) is 3.98. The standard InChI is InChI=1S/C13H20N2O3/c1-4-7-9-8-10(13(17)15-18-6-3)12(16)14-11(9)5-2/h8H,4-7H2,1-3H3,(H,14,16)(H,15,17). The molecule has 0 bridgehead atoms. The molecule has 0 unspecified atom stereocenters. The molecule has 1 heterocycles. The molecule has 0 spiro atoms. The molecule has 0 aliphatic heterocycles. The van der Waals surface area contributed by atoms with Crippen molar-refractivity contribution in [3.8, 4) is 0 Å². The first-order valence-corrected chi connectivity index (χ1v) is 6.31. The molecule has 0 fully saturated rings. The number of carbonyl (C=O) groups is 1. The Balaban J connectivity index is 3.08. The van der Waals surface area contributed by atoms with Crippen molar-refractivity contribution in [1.82, 2.24) is 10.5 Å². The van der Waals surface area contributed by atoms with Crippen molar-refractivity contribution in [1.29, 1.82) is 0 Å². The van der Waals surface area contributed by atoms with Crippen LogP contribution in [0.5, 0.6) is 0 Å². The molecule has 0 aromatic carbocycles. The topological polar surface area (TPSA) is 71.2 Å². The van der Waals surface area contributed by atoms with E-state index >= 15 is 0 Å². The van der Waals surface area contributed by atoms with Crippen molar-refractivity contribution >= 4 is 5.91 Å². The van der Waals surface area contributed by atoms with Gasteiger partial charge in [0.15, 0.2) is 0 Å². The summed E-state index contributed by atoms with van der Waals surface area (Å²) in [7, 11) is 0. The molecule has 0 saturated carbocycles. The van der Waals surface area contributed by atoms with Gasteiger partial charge in [-0.15, -0.1) is 0 Å². The second-order valence-electron chi connectivity index (χ2n) is 3.98. The van der Waals surface area contributed by atoms with Gasteiger partial charge in [-0.2, -0.15) is 0 Å². The van der Waals surface area contributed by atoms with Crippen LogP contribution in [-0.4, -0.2) is 17.5 Å². The van der Waals surface area contributed by atoms with E-state index in [0.717, 1.165) is 30.5 Å². The lowest BCUT2D eigenvalue weighted by Gasteiger charge is -2.09. The molecule has 18 heavy (non-hydrogen) atoms. The maximum absolute atomic E-state index is 11.8. The molecule has 1 aromatic heterocycles. The highest BCUT2D eigenvalue weighted by atomic mass is 16.6. The van der Waals surface area contributed by atoms with Crippen LogP contribution < -0.4 is 11.0 Å². The van der Waals surface area contributed by atoms with Crippen molar-refractivity contribution in [2.24, 2.45) is 0 Å². The fourth-order valence-electron chi connectivity index (χ4n) is 1.78. The van der Waals surface area contributed by atoms with Gasteiger partial charge in [-0.3, -0.25) is 14.4 Å². The third-order valence-electron chi connectivity index (χ3n) is 2.64. The van der Waals surface area contributed by atoms with E-state index in [-0.39, 0.29) is 11.1 Å². The van der Waals surface area contributed by atoms with Crippen LogP contribution in [-0.2, 0) is 17.7 Å². The second kappa shape index (κ2) is 6.96. The SMILES string of the molecule is CCCc1cc(C(=O)NOCC)c(=O)[nH]c1CC. The van der Waals surface area contributed by atoms with Crippen molar-refractivity contribution in [3.63, 3.8) is 0 Å². The first kappa shape index (κ1) is 14.4. The number of H-pyrrole nitrogens is 1. The monoisotopic (exact) mass is 252 g/mol. The van der Waals surface area contributed by atoms with Crippen LogP contribution in [0, 0.1) is 0 Å². The highest BCUT2D eigenvalue weighted by molar-refractivity contribution is 5.93. The number of aryl methyl sites for hydroxylation is 2. The van der Waals surface area contributed by atoms with Gasteiger partial charge in [0.25, 0.3) is 11.5 Å². The Bertz CT molecular complexity index is 466. The molecule has 2 N–H and O–H groups in total. The summed E-state index contributed by atoms with van der Waals surface area (Å²) in [5.41, 5.74) is 3.88. The number of amides is 1. The zero-order chi connectivity index (χ0) is 13.5. The summed E-state index contributed by atoms with van der Waals surface area (Å²) in [6.45, 7) is 6.15. The summed E-state index contributed by atoms with van der Waals surface area (Å²) < 4.78 is 0. The van der Waals surface area contributed by atoms with Crippen LogP contribution in [0.4, 0.5) is 0 Å². The zero-order valence-corrected chi connectivity index (χ0v) is 11.1. The average molecular weight is 252 g/mol. The summed E-state index contributed by atoms with van der Waals surface area (Å²) in [6.07, 6.45) is 2.55. The fraction of sp³-hybridized carbons (Fsp3) is 0.538. The molecule has 1 aromatic rings. The van der Waals surface area contributed by atoms with Gasteiger partial charge in [0.2, 0.25) is 0 Å². The molecule has 5 heteroatoms. The predicted molar refractivity (Wildman–Crippen MR) is 69.5 cm³/mol. The Morgan fingerprint density at radius 3 is 2.67 bits per heavy atom. The molecule has 5 nitrogen and oxygen atoms in total. The third-order valence-corrected chi connectivity index (χ3v) is 2.64. The van der Waals surface area contributed by atoms with E-state index in [4.69, 9.17) is 4.84 Å². The Morgan fingerprint density at radius 1 is 1.39 bits per heavy atom. The van der Waals surface area contributed by atoms with Crippen LogP contribution in [0.15, 0.2) is 10.9 Å². The normalized spacial score (nSPS) is 10.4. The highest BCUT2D eigenvalue weighted by Crippen LogP contribution is 2.09. The average Bonchev–Trinajstić information content (AvgIpc) is 2.37. The molecule has 0 saturated heterocycles. The van der Waals surface area contributed by atoms with E-state index in [1.54, 1.807) is 13.0 Å². The minimum absolute atomic E-state index is 0.101. The number of aromatic amines is 1. The highest BCUT2D eigenvalue weighted by Gasteiger charge is 2.13. The van der Waals surface area contributed by atoms with Gasteiger partial charge in [-0.1, -0.05) is 20.3 Å². The van der Waals surface area contributed by atoms with Gasteiger partial charge in [0.1, 0.15) is 5.56 Å². The van der Waals surface area contributed by atoms with Crippen LogP contribution in [0.3, 0.4) is 0 Å². The Morgan fingerprint density at radius 2 is 2.11 bits per heavy atom. The van der Waals surface area contributed by atoms with E-state index in [1.165, 1.54) is 0 Å². The molecule has 1 rings (SSSR count). The van der Waals surface area contributed by atoms with Crippen molar-refractivity contribution in [3.05, 3.63) is 33.2 Å². The largest absolute Gasteiger partial charge is 0.325 e. The van der Waals surface area contributed by atoms with Crippen LogP contribution in [0.25, 0.3) is 0 Å². The lowest BCUT2D eigenvalue weighted by molar-refractivity contribution is 0.0363. The fourth-order valence-corrected chi connectivity index (χ4v) is 1.78. The number of hydroxylamine groups is 1. The minimum Gasteiger partial charge on any atom is -0.325 e. The number of rotatable bonds is 6. The van der Waals surface area contributed by atoms with E-state index in [9.17, 15) is 9.59 Å². The molecule has 0 aliphatic carbocycles. The summed E-state index contributed by atoms with van der Waals surface area (Å²) >= 11 is 0. The summed E-state index contributed by atoms with van der Waals surface area (Å²) in [5.74, 6) is -0.502. The number of carbonyl (C=O) groups excluding carboxylic acids is 1. The molecule has 0 aliphatic rings. The molecule has 100 valence electrons. The van der Waals surface area contributed by atoms with Crippen LogP contribution in [0.2, 0.25) is 0 Å². The number of nitrogens with one attached hydrogen (secondary N) is 2. The van der Waals surface area contributed by atoms with E-state index in [2.05, 4.69) is 17.4 Å². The molecular formula is C13H20N2O3. The van der Waals surface area contributed by atoms with Gasteiger partial charge < -0.3 is 4.98 Å². The third kappa shape index (κ3) is 3.43. The maximum atomic E-state index is 11.8. The van der Waals surface area contributed by atoms with Crippen molar-refractivity contribution in [2.45, 2.75) is 40.0 Å². The molecule has 0 radical (unpaired) electrons. The minimum atomic E-state index is -0.502. The lowest BCUT2D eigenvalue weighted by Crippen LogP contribution is -2.30. The summed E-state index contributed by atoms with van der Waals surface area (Å²) in [6, 6.07) is 1.66. The van der Waals surface area contributed by atoms with E-state index in [0.29, 0.717) is 6.61 Å². The van der Waals surface area contributed by atoms with Gasteiger partial charge in [0, 0.05) is 5.69 Å². The van der Waals surface area contributed by atoms with Gasteiger partial charge in [-0.05, 0) is 31.4 Å². The van der Waals surface area contributed by atoms with Crippen molar-refractivity contribution in [2.75, 3.05) is 6.61 Å². The van der Waals surface area contributed by atoms with E-state index < -0.39 is 5.91 Å².